The Morgan fingerprint density at radius 3 is 2.84 bits per heavy atom. The summed E-state index contributed by atoms with van der Waals surface area (Å²) in [7, 11) is 0. The van der Waals surface area contributed by atoms with Crippen LogP contribution >= 0.6 is 11.6 Å². The first-order valence-electron chi connectivity index (χ1n) is 6.47. The minimum atomic E-state index is 0.531. The molecule has 1 heterocycles. The van der Waals surface area contributed by atoms with E-state index in [1.54, 1.807) is 0 Å². The number of aryl methyl sites for hydroxylation is 1. The number of halogens is 1. The van der Waals surface area contributed by atoms with Gasteiger partial charge in [0.15, 0.2) is 0 Å². The first-order valence-corrected chi connectivity index (χ1v) is 6.85. The maximum Gasteiger partial charge on any atom is 0.137 e. The van der Waals surface area contributed by atoms with Gasteiger partial charge >= 0.3 is 0 Å². The number of nitrogens with one attached hydrogen (secondary N) is 1. The van der Waals surface area contributed by atoms with Gasteiger partial charge in [0.1, 0.15) is 16.8 Å². The quantitative estimate of drug-likeness (QED) is 0.870. The lowest BCUT2D eigenvalue weighted by molar-refractivity contribution is 0.634. The number of nitrogens with zero attached hydrogens (tertiary/aromatic N) is 2. The van der Waals surface area contributed by atoms with Crippen LogP contribution in [0.2, 0.25) is 5.15 Å². The van der Waals surface area contributed by atoms with Crippen molar-refractivity contribution in [1.29, 1.82) is 0 Å². The molecule has 0 saturated heterocycles. The number of hydrogen-bond donors (Lipinski definition) is 1. The zero-order valence-corrected chi connectivity index (χ0v) is 11.8. The Morgan fingerprint density at radius 2 is 2.05 bits per heavy atom. The molecular weight excluding hydrogens is 258 g/mol. The molecule has 4 heteroatoms. The van der Waals surface area contributed by atoms with E-state index >= 15 is 0 Å². The highest BCUT2D eigenvalue weighted by Crippen LogP contribution is 2.35. The van der Waals surface area contributed by atoms with Crippen molar-refractivity contribution < 1.29 is 0 Å². The van der Waals surface area contributed by atoms with Gasteiger partial charge in [0, 0.05) is 18.0 Å². The number of benzene rings is 1. The summed E-state index contributed by atoms with van der Waals surface area (Å²) in [6.45, 7) is 4.69. The Morgan fingerprint density at radius 1 is 1.26 bits per heavy atom. The smallest absolute Gasteiger partial charge is 0.137 e. The number of aromatic nitrogens is 2. The molecular formula is C15H16ClN3. The summed E-state index contributed by atoms with van der Waals surface area (Å²) in [5, 5.41) is 3.93. The van der Waals surface area contributed by atoms with Gasteiger partial charge < -0.3 is 5.32 Å². The molecule has 3 rings (SSSR count). The fraction of sp³-hybridized carbons (Fsp3) is 0.333. The summed E-state index contributed by atoms with van der Waals surface area (Å²) >= 11 is 6.07. The number of anilines is 1. The topological polar surface area (TPSA) is 37.8 Å². The second-order valence-electron chi connectivity index (χ2n) is 5.02. The normalized spacial score (nSPS) is 16.7. The third-order valence-corrected chi connectivity index (χ3v) is 4.04. The molecule has 1 aliphatic rings. The highest BCUT2D eigenvalue weighted by molar-refractivity contribution is 6.30. The molecule has 0 spiro atoms. The summed E-state index contributed by atoms with van der Waals surface area (Å²) in [5.74, 6) is 2.12. The maximum atomic E-state index is 6.07. The molecule has 1 aliphatic carbocycles. The lowest BCUT2D eigenvalue weighted by Crippen LogP contribution is -2.24. The van der Waals surface area contributed by atoms with Crippen LogP contribution in [0.4, 0.5) is 5.82 Å². The highest BCUT2D eigenvalue weighted by atomic mass is 35.5. The summed E-state index contributed by atoms with van der Waals surface area (Å²) < 4.78 is 0. The summed E-state index contributed by atoms with van der Waals surface area (Å²) in [6.07, 6.45) is 1.14. The molecule has 2 aromatic rings. The van der Waals surface area contributed by atoms with Gasteiger partial charge in [0.2, 0.25) is 0 Å². The maximum absolute atomic E-state index is 6.07. The van der Waals surface area contributed by atoms with Crippen molar-refractivity contribution in [3.8, 4) is 0 Å². The van der Waals surface area contributed by atoms with Crippen molar-refractivity contribution in [3.05, 3.63) is 51.9 Å². The van der Waals surface area contributed by atoms with Crippen LogP contribution in [0.1, 0.15) is 28.4 Å². The van der Waals surface area contributed by atoms with E-state index in [9.17, 15) is 0 Å². The van der Waals surface area contributed by atoms with Crippen LogP contribution in [-0.4, -0.2) is 16.5 Å². The molecule has 3 nitrogen and oxygen atoms in total. The molecule has 1 aromatic carbocycles. The van der Waals surface area contributed by atoms with Crippen LogP contribution in [0.5, 0.6) is 0 Å². The van der Waals surface area contributed by atoms with Crippen molar-refractivity contribution in [1.82, 2.24) is 9.97 Å². The molecule has 0 fully saturated rings. The SMILES string of the molecule is Cc1nc(Cl)c(C)c(NCC2Cc3ccccc32)n1. The van der Waals surface area contributed by atoms with Gasteiger partial charge in [-0.15, -0.1) is 0 Å². The van der Waals surface area contributed by atoms with Gasteiger partial charge in [0.05, 0.1) is 0 Å². The van der Waals surface area contributed by atoms with Crippen LogP contribution < -0.4 is 5.32 Å². The number of fused-ring (bicyclic) bond motifs is 1. The van der Waals surface area contributed by atoms with E-state index in [4.69, 9.17) is 11.6 Å². The van der Waals surface area contributed by atoms with E-state index in [-0.39, 0.29) is 0 Å². The Kier molecular flexibility index (Phi) is 3.15. The van der Waals surface area contributed by atoms with Crippen LogP contribution in [0.15, 0.2) is 24.3 Å². The Labute approximate surface area is 118 Å². The van der Waals surface area contributed by atoms with E-state index in [0.717, 1.165) is 24.3 Å². The Hall–Kier alpha value is -1.61. The molecule has 98 valence electrons. The molecule has 0 radical (unpaired) electrons. The summed E-state index contributed by atoms with van der Waals surface area (Å²) in [6, 6.07) is 8.60. The first kappa shape index (κ1) is 12.4. The standard InChI is InChI=1S/C15H16ClN3/c1-9-14(16)18-10(2)19-15(9)17-8-12-7-11-5-3-4-6-13(11)12/h3-6,12H,7-8H2,1-2H3,(H,17,18,19). The van der Waals surface area contributed by atoms with Gasteiger partial charge in [-0.1, -0.05) is 35.9 Å². The lowest BCUT2D eigenvalue weighted by Gasteiger charge is -2.30. The second-order valence-corrected chi connectivity index (χ2v) is 5.37. The van der Waals surface area contributed by atoms with E-state index < -0.39 is 0 Å². The largest absolute Gasteiger partial charge is 0.369 e. The second kappa shape index (κ2) is 4.82. The van der Waals surface area contributed by atoms with Crippen molar-refractivity contribution >= 4 is 17.4 Å². The number of hydrogen-bond acceptors (Lipinski definition) is 3. The van der Waals surface area contributed by atoms with Crippen LogP contribution in [0.25, 0.3) is 0 Å². The predicted octanol–water partition coefficient (Wildman–Crippen LogP) is 3.50. The van der Waals surface area contributed by atoms with Gasteiger partial charge in [-0.25, -0.2) is 9.97 Å². The predicted molar refractivity (Wildman–Crippen MR) is 77.9 cm³/mol. The van der Waals surface area contributed by atoms with Gasteiger partial charge in [-0.05, 0) is 31.4 Å². The highest BCUT2D eigenvalue weighted by Gasteiger charge is 2.25. The monoisotopic (exact) mass is 273 g/mol. The van der Waals surface area contributed by atoms with Crippen LogP contribution in [-0.2, 0) is 6.42 Å². The van der Waals surface area contributed by atoms with Crippen molar-refractivity contribution in [2.24, 2.45) is 0 Å². The fourth-order valence-corrected chi connectivity index (χ4v) is 2.74. The third kappa shape index (κ3) is 2.30. The minimum absolute atomic E-state index is 0.531. The third-order valence-electron chi connectivity index (χ3n) is 3.68. The van der Waals surface area contributed by atoms with Gasteiger partial charge in [-0.3, -0.25) is 0 Å². The van der Waals surface area contributed by atoms with E-state index in [1.165, 1.54) is 11.1 Å². The Bertz CT molecular complexity index is 625. The molecule has 1 aromatic heterocycles. The van der Waals surface area contributed by atoms with E-state index in [0.29, 0.717) is 16.9 Å². The number of rotatable bonds is 3. The van der Waals surface area contributed by atoms with Gasteiger partial charge in [0.25, 0.3) is 0 Å². The van der Waals surface area contributed by atoms with Crippen molar-refractivity contribution in [2.75, 3.05) is 11.9 Å². The first-order chi connectivity index (χ1) is 9.15. The molecule has 0 saturated carbocycles. The van der Waals surface area contributed by atoms with Crippen LogP contribution in [0, 0.1) is 13.8 Å². The molecule has 0 aliphatic heterocycles. The molecule has 19 heavy (non-hydrogen) atoms. The molecule has 0 amide bonds. The van der Waals surface area contributed by atoms with Crippen molar-refractivity contribution in [3.63, 3.8) is 0 Å². The van der Waals surface area contributed by atoms with Crippen LogP contribution in [0.3, 0.4) is 0 Å². The Balaban J connectivity index is 1.72. The summed E-state index contributed by atoms with van der Waals surface area (Å²) in [5.41, 5.74) is 3.83. The van der Waals surface area contributed by atoms with E-state index in [1.807, 2.05) is 13.8 Å². The summed E-state index contributed by atoms with van der Waals surface area (Å²) in [4.78, 5) is 8.56. The fourth-order valence-electron chi connectivity index (χ4n) is 2.53. The molecule has 1 N–H and O–H groups in total. The van der Waals surface area contributed by atoms with Crippen molar-refractivity contribution in [2.45, 2.75) is 26.2 Å². The average molecular weight is 274 g/mol. The molecule has 1 unspecified atom stereocenters. The van der Waals surface area contributed by atoms with Gasteiger partial charge in [-0.2, -0.15) is 0 Å². The zero-order valence-electron chi connectivity index (χ0n) is 11.1. The zero-order chi connectivity index (χ0) is 13.4. The molecule has 1 atom stereocenters. The minimum Gasteiger partial charge on any atom is -0.369 e. The molecule has 0 bridgehead atoms. The lowest BCUT2D eigenvalue weighted by atomic mass is 9.77. The average Bonchev–Trinajstić information content (AvgIpc) is 2.36. The van der Waals surface area contributed by atoms with E-state index in [2.05, 4.69) is 39.6 Å².